The lowest BCUT2D eigenvalue weighted by atomic mass is 9.98. The van der Waals surface area contributed by atoms with Crippen molar-refractivity contribution in [3.63, 3.8) is 0 Å². The van der Waals surface area contributed by atoms with Crippen LogP contribution in [0, 0.1) is 0 Å². The van der Waals surface area contributed by atoms with Crippen LogP contribution in [0.2, 0.25) is 0 Å². The van der Waals surface area contributed by atoms with E-state index < -0.39 is 81.2 Å². The number of hydrogen-bond acceptors (Lipinski definition) is 15. The molecule has 1 aromatic heterocycles. The Labute approximate surface area is 243 Å². The lowest BCUT2D eigenvalue weighted by Gasteiger charge is -2.40. The van der Waals surface area contributed by atoms with E-state index in [0.717, 1.165) is 0 Å². The number of aliphatic hydroxyl groups is 9. The fourth-order valence-electron chi connectivity index (χ4n) is 5.07. The lowest BCUT2D eigenvalue weighted by molar-refractivity contribution is -0.278. The van der Waals surface area contributed by atoms with Crippen LogP contribution in [0.4, 0.5) is 0 Å². The smallest absolute Gasteiger partial charge is 0.229 e. The van der Waals surface area contributed by atoms with Crippen molar-refractivity contribution >= 4 is 11.0 Å². The molecule has 2 aromatic carbocycles. The third kappa shape index (κ3) is 6.15. The quantitative estimate of drug-likeness (QED) is 0.122. The number of ether oxygens (including phenoxy) is 4. The molecule has 0 aliphatic carbocycles. The fraction of sp³-hybridized carbons (Fsp3) is 0.500. The molecule has 2 aliphatic heterocycles. The second-order valence-electron chi connectivity index (χ2n) is 10.4. The monoisotopic (exact) mass is 610 g/mol. The Bertz CT molecular complexity index is 1330. The van der Waals surface area contributed by atoms with Crippen molar-refractivity contribution in [1.29, 1.82) is 0 Å². The Kier molecular flexibility index (Phi) is 9.40. The van der Waals surface area contributed by atoms with Crippen LogP contribution in [-0.4, -0.2) is 132 Å². The number of benzene rings is 2. The summed E-state index contributed by atoms with van der Waals surface area (Å²) in [6.45, 7) is -1.85. The minimum atomic E-state index is -1.77. The van der Waals surface area contributed by atoms with E-state index in [1.54, 1.807) is 12.1 Å². The molecule has 2 saturated heterocycles. The van der Waals surface area contributed by atoms with Gasteiger partial charge in [0.1, 0.15) is 77.4 Å². The number of furan rings is 1. The molecular formula is C28H34O15. The molecule has 0 saturated carbocycles. The van der Waals surface area contributed by atoms with Gasteiger partial charge in [-0.2, -0.15) is 0 Å². The van der Waals surface area contributed by atoms with Gasteiger partial charge in [0.05, 0.1) is 13.2 Å². The van der Waals surface area contributed by atoms with Crippen LogP contribution in [0.3, 0.4) is 0 Å². The molecule has 0 spiro atoms. The van der Waals surface area contributed by atoms with Gasteiger partial charge < -0.3 is 74.4 Å². The van der Waals surface area contributed by atoms with Crippen molar-refractivity contribution in [2.75, 3.05) is 19.8 Å². The van der Waals surface area contributed by atoms with Gasteiger partial charge in [-0.05, 0) is 30.3 Å². The molecule has 15 heteroatoms. The number of aromatic hydroxyl groups is 1. The van der Waals surface area contributed by atoms with Gasteiger partial charge in [0.25, 0.3) is 0 Å². The van der Waals surface area contributed by atoms with E-state index in [9.17, 15) is 51.1 Å². The summed E-state index contributed by atoms with van der Waals surface area (Å²) in [6, 6.07) is 9.02. The SMILES string of the molecule is OCCc1c(O[C@@H]2O[C@H](CO)[C@@H](O)[C@H](O)[C@H]2O)cc(-c2cc3ccc(O)cc3o2)cc1O[C@@H]1O[C@H](CO)[C@@H](O)[C@H](O)[C@H]1O. The highest BCUT2D eigenvalue weighted by molar-refractivity contribution is 5.84. The zero-order chi connectivity index (χ0) is 31.0. The zero-order valence-corrected chi connectivity index (χ0v) is 22.6. The molecule has 2 aliphatic rings. The van der Waals surface area contributed by atoms with Crippen molar-refractivity contribution in [3.05, 3.63) is 42.0 Å². The molecule has 0 radical (unpaired) electrons. The highest BCUT2D eigenvalue weighted by Gasteiger charge is 2.46. The Morgan fingerprint density at radius 2 is 1.19 bits per heavy atom. The van der Waals surface area contributed by atoms with Crippen molar-refractivity contribution in [2.45, 2.75) is 67.8 Å². The number of hydrogen-bond donors (Lipinski definition) is 10. The standard InChI is InChI=1S/C28H34O15/c29-4-3-14-17(40-27-25(37)23(35)21(33)19(9-30)42-27)6-12(15-5-11-1-2-13(32)8-16(11)39-15)7-18(14)41-28-26(38)24(36)22(34)20(10-31)43-28/h1-2,5-8,19-38H,3-4,9-10H2/t19-,20-,21-,22-,23+,24+,25-,26-,27-,28-/m1/s1. The summed E-state index contributed by atoms with van der Waals surface area (Å²) >= 11 is 0. The van der Waals surface area contributed by atoms with Crippen molar-refractivity contribution in [2.24, 2.45) is 0 Å². The lowest BCUT2D eigenvalue weighted by Crippen LogP contribution is -2.60. The number of fused-ring (bicyclic) bond motifs is 1. The first kappa shape index (κ1) is 31.4. The van der Waals surface area contributed by atoms with Gasteiger partial charge in [0.2, 0.25) is 12.6 Å². The first-order valence-electron chi connectivity index (χ1n) is 13.5. The topological polar surface area (TPSA) is 252 Å². The molecule has 0 unspecified atom stereocenters. The predicted molar refractivity (Wildman–Crippen MR) is 143 cm³/mol. The average molecular weight is 611 g/mol. The summed E-state index contributed by atoms with van der Waals surface area (Å²) in [5, 5.41) is 102. The predicted octanol–water partition coefficient (Wildman–Crippen LogP) is -2.30. The van der Waals surface area contributed by atoms with E-state index in [-0.39, 0.29) is 40.6 Å². The van der Waals surface area contributed by atoms with Gasteiger partial charge in [-0.15, -0.1) is 0 Å². The first-order chi connectivity index (χ1) is 20.6. The van der Waals surface area contributed by atoms with Crippen LogP contribution in [0.25, 0.3) is 22.3 Å². The summed E-state index contributed by atoms with van der Waals surface area (Å²) in [5.74, 6) is 0.0657. The number of phenolic OH excluding ortho intramolecular Hbond substituents is 1. The minimum Gasteiger partial charge on any atom is -0.508 e. The fourth-order valence-corrected chi connectivity index (χ4v) is 5.07. The Morgan fingerprint density at radius 3 is 1.67 bits per heavy atom. The van der Waals surface area contributed by atoms with Crippen LogP contribution in [0.15, 0.2) is 40.8 Å². The maximum absolute atomic E-state index is 10.6. The summed E-state index contributed by atoms with van der Waals surface area (Å²) < 4.78 is 28.8. The van der Waals surface area contributed by atoms with Gasteiger partial charge in [-0.1, -0.05) is 0 Å². The molecule has 0 bridgehead atoms. The molecule has 236 valence electrons. The molecule has 10 N–H and O–H groups in total. The van der Waals surface area contributed by atoms with E-state index in [4.69, 9.17) is 23.4 Å². The molecule has 3 heterocycles. The largest absolute Gasteiger partial charge is 0.508 e. The summed E-state index contributed by atoms with van der Waals surface area (Å²) in [4.78, 5) is 0. The Hall–Kier alpha value is -3.06. The molecule has 5 rings (SSSR count). The second-order valence-corrected chi connectivity index (χ2v) is 10.4. The highest BCUT2D eigenvalue weighted by atomic mass is 16.7. The summed E-state index contributed by atoms with van der Waals surface area (Å²) in [5.41, 5.74) is 0.771. The zero-order valence-electron chi connectivity index (χ0n) is 22.6. The van der Waals surface area contributed by atoms with Crippen LogP contribution >= 0.6 is 0 Å². The molecule has 10 atom stereocenters. The third-order valence-electron chi connectivity index (χ3n) is 7.50. The Balaban J connectivity index is 1.59. The summed E-state index contributed by atoms with van der Waals surface area (Å²) in [6.07, 6.45) is -16.2. The van der Waals surface area contributed by atoms with Gasteiger partial charge >= 0.3 is 0 Å². The van der Waals surface area contributed by atoms with Gasteiger partial charge in [0, 0.05) is 35.6 Å². The number of aliphatic hydroxyl groups excluding tert-OH is 9. The van der Waals surface area contributed by atoms with Crippen LogP contribution in [0.5, 0.6) is 17.2 Å². The normalized spacial score (nSPS) is 33.0. The maximum atomic E-state index is 10.6. The van der Waals surface area contributed by atoms with Crippen molar-refractivity contribution in [1.82, 2.24) is 0 Å². The minimum absolute atomic E-state index is 0.0371. The van der Waals surface area contributed by atoms with Crippen molar-refractivity contribution in [3.8, 4) is 28.6 Å². The highest BCUT2D eigenvalue weighted by Crippen LogP contribution is 2.40. The summed E-state index contributed by atoms with van der Waals surface area (Å²) in [7, 11) is 0. The second kappa shape index (κ2) is 12.9. The van der Waals surface area contributed by atoms with Crippen molar-refractivity contribution < 1.29 is 74.4 Å². The molecule has 43 heavy (non-hydrogen) atoms. The van der Waals surface area contributed by atoms with E-state index in [2.05, 4.69) is 0 Å². The number of rotatable bonds is 9. The molecule has 15 nitrogen and oxygen atoms in total. The van der Waals surface area contributed by atoms with E-state index >= 15 is 0 Å². The molecular weight excluding hydrogens is 576 g/mol. The van der Waals surface area contributed by atoms with E-state index in [0.29, 0.717) is 11.0 Å². The van der Waals surface area contributed by atoms with Crippen LogP contribution < -0.4 is 9.47 Å². The van der Waals surface area contributed by atoms with Gasteiger partial charge in [-0.25, -0.2) is 0 Å². The average Bonchev–Trinajstić information content (AvgIpc) is 3.42. The molecule has 3 aromatic rings. The number of phenols is 1. The molecule has 2 fully saturated rings. The van der Waals surface area contributed by atoms with Crippen LogP contribution in [0.1, 0.15) is 5.56 Å². The van der Waals surface area contributed by atoms with Crippen LogP contribution in [-0.2, 0) is 15.9 Å². The van der Waals surface area contributed by atoms with Gasteiger partial charge in [-0.3, -0.25) is 0 Å². The van der Waals surface area contributed by atoms with E-state index in [1.807, 2.05) is 0 Å². The van der Waals surface area contributed by atoms with Gasteiger partial charge in [0.15, 0.2) is 0 Å². The maximum Gasteiger partial charge on any atom is 0.229 e. The Morgan fingerprint density at radius 1 is 0.651 bits per heavy atom. The molecule has 0 amide bonds. The first-order valence-corrected chi connectivity index (χ1v) is 13.5. The third-order valence-corrected chi connectivity index (χ3v) is 7.50. The van der Waals surface area contributed by atoms with E-state index in [1.165, 1.54) is 24.3 Å².